The zero-order valence-corrected chi connectivity index (χ0v) is 24.0. The number of hydrogen-bond acceptors (Lipinski definition) is 6. The maximum Gasteiger partial charge on any atom is 0.331 e. The zero-order chi connectivity index (χ0) is 27.8. The van der Waals surface area contributed by atoms with Crippen molar-refractivity contribution in [2.75, 3.05) is 19.0 Å². The van der Waals surface area contributed by atoms with Crippen molar-refractivity contribution < 1.29 is 24.2 Å². The van der Waals surface area contributed by atoms with Crippen LogP contribution in [0.3, 0.4) is 0 Å². The molecule has 3 aromatic rings. The van der Waals surface area contributed by atoms with Gasteiger partial charge in [-0.05, 0) is 44.5 Å². The highest BCUT2D eigenvalue weighted by molar-refractivity contribution is 7.14. The number of unbranched alkanes of at least 4 members (excludes halogenated alkanes) is 2. The molecule has 38 heavy (non-hydrogen) atoms. The summed E-state index contributed by atoms with van der Waals surface area (Å²) in [6, 6.07) is 8.70. The lowest BCUT2D eigenvalue weighted by Gasteiger charge is -2.18. The van der Waals surface area contributed by atoms with E-state index in [2.05, 4.69) is 17.2 Å². The molecule has 0 radical (unpaired) electrons. The van der Waals surface area contributed by atoms with Crippen LogP contribution in [-0.4, -0.2) is 35.7 Å². The number of aliphatic carboxylic acids is 1. The number of nitrogens with zero attached hydrogens (tertiary/aromatic N) is 1. The van der Waals surface area contributed by atoms with E-state index in [1.807, 2.05) is 30.5 Å². The maximum atomic E-state index is 12.9. The Bertz CT molecular complexity index is 1320. The number of anilines is 1. The molecule has 0 spiro atoms. The fraction of sp³-hybridized carbons (Fsp3) is 0.321. The topological polar surface area (TPSA) is 97.8 Å². The third-order valence-electron chi connectivity index (χ3n) is 5.84. The summed E-state index contributed by atoms with van der Waals surface area (Å²) in [7, 11) is 1.62. The van der Waals surface area contributed by atoms with Gasteiger partial charge in [-0.3, -0.25) is 10.1 Å². The summed E-state index contributed by atoms with van der Waals surface area (Å²) in [5, 5.41) is 14.4. The molecule has 0 fully saturated rings. The van der Waals surface area contributed by atoms with Gasteiger partial charge >= 0.3 is 5.97 Å². The second kappa shape index (κ2) is 13.8. The van der Waals surface area contributed by atoms with Crippen LogP contribution in [0.15, 0.2) is 41.3 Å². The first-order chi connectivity index (χ1) is 18.2. The summed E-state index contributed by atoms with van der Waals surface area (Å²) in [4.78, 5) is 28.6. The van der Waals surface area contributed by atoms with Crippen LogP contribution in [0.4, 0.5) is 5.13 Å². The van der Waals surface area contributed by atoms with E-state index < -0.39 is 11.9 Å². The number of carboxylic acid groups (broad SMARTS) is 1. The van der Waals surface area contributed by atoms with Crippen LogP contribution in [0, 0.1) is 0 Å². The smallest absolute Gasteiger partial charge is 0.331 e. The molecular weight excluding hydrogens is 547 g/mol. The summed E-state index contributed by atoms with van der Waals surface area (Å²) < 4.78 is 11.8. The molecule has 202 valence electrons. The van der Waals surface area contributed by atoms with Gasteiger partial charge in [0.15, 0.2) is 5.13 Å². The maximum absolute atomic E-state index is 12.9. The van der Waals surface area contributed by atoms with E-state index in [9.17, 15) is 9.59 Å². The Morgan fingerprint density at radius 3 is 2.55 bits per heavy atom. The largest absolute Gasteiger partial charge is 0.496 e. The van der Waals surface area contributed by atoms with Crippen molar-refractivity contribution in [1.82, 2.24) is 4.98 Å². The molecule has 0 saturated carbocycles. The minimum Gasteiger partial charge on any atom is -0.496 e. The number of ether oxygens (including phenoxy) is 2. The first-order valence-corrected chi connectivity index (χ1v) is 13.8. The number of hydrogen-bond donors (Lipinski definition) is 2. The number of carboxylic acids is 1. The van der Waals surface area contributed by atoms with Gasteiger partial charge in [-0.2, -0.15) is 0 Å². The van der Waals surface area contributed by atoms with Gasteiger partial charge in [0.1, 0.15) is 5.75 Å². The van der Waals surface area contributed by atoms with Gasteiger partial charge in [-0.15, -0.1) is 11.3 Å². The molecule has 0 bridgehead atoms. The van der Waals surface area contributed by atoms with Gasteiger partial charge in [-0.1, -0.05) is 55.1 Å². The molecule has 1 aromatic heterocycles. The molecule has 10 heteroatoms. The monoisotopic (exact) mass is 576 g/mol. The van der Waals surface area contributed by atoms with E-state index >= 15 is 0 Å². The fourth-order valence-electron chi connectivity index (χ4n) is 3.76. The van der Waals surface area contributed by atoms with Gasteiger partial charge in [0.2, 0.25) is 0 Å². The molecule has 1 heterocycles. The molecule has 2 aromatic carbocycles. The first kappa shape index (κ1) is 29.6. The third-order valence-corrected chi connectivity index (χ3v) is 7.23. The predicted octanol–water partition coefficient (Wildman–Crippen LogP) is 8.13. The minimum absolute atomic E-state index is 0.0678. The lowest BCUT2D eigenvalue weighted by Crippen LogP contribution is -2.12. The van der Waals surface area contributed by atoms with Crippen molar-refractivity contribution in [2.45, 2.75) is 46.1 Å². The minimum atomic E-state index is -1.09. The Labute approximate surface area is 236 Å². The number of carbonyl (C=O) groups is 2. The van der Waals surface area contributed by atoms with Crippen molar-refractivity contribution >= 4 is 57.6 Å². The number of nitrogens with one attached hydrogen (secondary N) is 1. The highest BCUT2D eigenvalue weighted by Gasteiger charge is 2.19. The summed E-state index contributed by atoms with van der Waals surface area (Å²) >= 11 is 13.9. The summed E-state index contributed by atoms with van der Waals surface area (Å²) in [5.74, 6) is -0.859. The fourth-order valence-corrected chi connectivity index (χ4v) is 5.06. The molecule has 0 unspecified atom stereocenters. The Morgan fingerprint density at radius 2 is 1.92 bits per heavy atom. The van der Waals surface area contributed by atoms with Crippen molar-refractivity contribution in [2.24, 2.45) is 0 Å². The lowest BCUT2D eigenvalue weighted by molar-refractivity contribution is -0.132. The molecule has 3 rings (SSSR count). The highest BCUT2D eigenvalue weighted by Crippen LogP contribution is 2.38. The van der Waals surface area contributed by atoms with Gasteiger partial charge in [0.25, 0.3) is 5.91 Å². The Balaban J connectivity index is 1.79. The van der Waals surface area contributed by atoms with Crippen molar-refractivity contribution in [3.63, 3.8) is 0 Å². The second-order valence-corrected chi connectivity index (χ2v) is 10.3. The van der Waals surface area contributed by atoms with E-state index in [0.29, 0.717) is 28.7 Å². The molecule has 0 aliphatic carbocycles. The van der Waals surface area contributed by atoms with E-state index in [-0.39, 0.29) is 27.3 Å². The number of thiazole rings is 1. The van der Waals surface area contributed by atoms with Crippen molar-refractivity contribution in [3.05, 3.63) is 68.0 Å². The molecule has 1 amide bonds. The average Bonchev–Trinajstić information content (AvgIpc) is 3.35. The number of carbonyl (C=O) groups excluding carboxylic acids is 1. The molecule has 0 aliphatic rings. The third kappa shape index (κ3) is 7.35. The van der Waals surface area contributed by atoms with Gasteiger partial charge in [0, 0.05) is 39.8 Å². The zero-order valence-electron chi connectivity index (χ0n) is 21.6. The van der Waals surface area contributed by atoms with Crippen molar-refractivity contribution in [3.8, 4) is 17.0 Å². The van der Waals surface area contributed by atoms with Gasteiger partial charge in [-0.25, -0.2) is 9.78 Å². The first-order valence-electron chi connectivity index (χ1n) is 12.1. The predicted molar refractivity (Wildman–Crippen MR) is 154 cm³/mol. The molecule has 7 nitrogen and oxygen atoms in total. The van der Waals surface area contributed by atoms with E-state index in [1.165, 1.54) is 36.5 Å². The molecule has 0 aliphatic heterocycles. The Kier molecular flexibility index (Phi) is 10.7. The molecule has 2 N–H and O–H groups in total. The van der Waals surface area contributed by atoms with Crippen molar-refractivity contribution in [1.29, 1.82) is 0 Å². The SMILES string of the molecule is CCCCCO[C@H](C)c1cccc(-c2csc(NC(=O)c3cc(Cl)c(C=C(C)C(=O)O)c(Cl)c3)n2)c1OC. The van der Waals surface area contributed by atoms with Crippen LogP contribution in [0.25, 0.3) is 17.3 Å². The highest BCUT2D eigenvalue weighted by atomic mass is 35.5. The standard InChI is InChI=1S/C28H30Cl2N2O5S/c1-5-6-7-11-37-17(3)19-9-8-10-20(25(19)36-4)24-15-38-28(31-24)32-26(33)18-13-22(29)21(23(30)14-18)12-16(2)27(34)35/h8-10,12-15,17H,5-7,11H2,1-4H3,(H,34,35)(H,31,32,33)/t17-/m1/s1. The van der Waals surface area contributed by atoms with E-state index in [1.54, 1.807) is 7.11 Å². The number of aromatic nitrogens is 1. The van der Waals surface area contributed by atoms with Gasteiger partial charge < -0.3 is 14.6 Å². The average molecular weight is 578 g/mol. The quantitative estimate of drug-likeness (QED) is 0.167. The van der Waals surface area contributed by atoms with E-state index in [0.717, 1.165) is 30.4 Å². The van der Waals surface area contributed by atoms with Crippen LogP contribution in [-0.2, 0) is 9.53 Å². The summed E-state index contributed by atoms with van der Waals surface area (Å²) in [6.07, 6.45) is 4.48. The molecular formula is C28H30Cl2N2O5S. The number of para-hydroxylation sites is 1. The van der Waals surface area contributed by atoms with Crippen LogP contribution in [0.1, 0.15) is 67.6 Å². The number of halogens is 2. The lowest BCUT2D eigenvalue weighted by atomic mass is 10.0. The number of methoxy groups -OCH3 is 1. The molecule has 1 atom stereocenters. The van der Waals surface area contributed by atoms with Crippen LogP contribution in [0.5, 0.6) is 5.75 Å². The van der Waals surface area contributed by atoms with E-state index in [4.69, 9.17) is 37.8 Å². The molecule has 0 saturated heterocycles. The van der Waals surface area contributed by atoms with Crippen LogP contribution in [0.2, 0.25) is 10.0 Å². The Morgan fingerprint density at radius 1 is 1.21 bits per heavy atom. The number of benzene rings is 2. The summed E-state index contributed by atoms with van der Waals surface area (Å²) in [6.45, 7) is 6.27. The van der Waals surface area contributed by atoms with Crippen LogP contribution < -0.4 is 10.1 Å². The summed E-state index contributed by atoms with van der Waals surface area (Å²) in [5.41, 5.74) is 2.99. The number of rotatable bonds is 12. The number of amides is 1. The second-order valence-electron chi connectivity index (χ2n) is 8.63. The van der Waals surface area contributed by atoms with Gasteiger partial charge in [0.05, 0.1) is 29.0 Å². The normalized spacial score (nSPS) is 12.3. The Hall–Kier alpha value is -2.91. The van der Waals surface area contributed by atoms with Crippen LogP contribution >= 0.6 is 34.5 Å².